The summed E-state index contributed by atoms with van der Waals surface area (Å²) in [5.74, 6) is 0. The Morgan fingerprint density at radius 3 is 2.69 bits per heavy atom. The number of rotatable bonds is 3. The van der Waals surface area contributed by atoms with Crippen molar-refractivity contribution in [2.45, 2.75) is 13.8 Å². The molecule has 0 aliphatic heterocycles. The fourth-order valence-corrected chi connectivity index (χ4v) is 1.13. The Balaban J connectivity index is 2.98. The molecule has 1 aromatic carbocycles. The Hall–Kier alpha value is -1.57. The monoisotopic (exact) mass is 175 g/mol. The molecular weight excluding hydrogens is 162 g/mol. The predicted molar refractivity (Wildman–Crippen MR) is 55.0 cm³/mol. The first-order valence-corrected chi connectivity index (χ1v) is 4.12. The number of anilines is 1. The molecule has 0 fully saturated rings. The van der Waals surface area contributed by atoms with Crippen LogP contribution in [0.3, 0.4) is 0 Å². The van der Waals surface area contributed by atoms with Crippen molar-refractivity contribution >= 4 is 12.0 Å². The van der Waals surface area contributed by atoms with Crippen molar-refractivity contribution in [1.29, 1.82) is 0 Å². The van der Waals surface area contributed by atoms with E-state index in [1.807, 2.05) is 26.0 Å². The van der Waals surface area contributed by atoms with E-state index >= 15 is 0 Å². The van der Waals surface area contributed by atoms with E-state index in [1.165, 1.54) is 0 Å². The molecule has 0 amide bonds. The second-order valence-corrected chi connectivity index (χ2v) is 3.10. The van der Waals surface area contributed by atoms with Gasteiger partial charge in [0.15, 0.2) is 0 Å². The van der Waals surface area contributed by atoms with Crippen LogP contribution < -0.4 is 5.32 Å². The third kappa shape index (κ3) is 2.44. The zero-order valence-corrected chi connectivity index (χ0v) is 7.92. The van der Waals surface area contributed by atoms with Gasteiger partial charge in [-0.2, -0.15) is 0 Å². The van der Waals surface area contributed by atoms with Crippen molar-refractivity contribution in [1.82, 2.24) is 0 Å². The van der Waals surface area contributed by atoms with Crippen LogP contribution in [0.4, 0.5) is 5.69 Å². The van der Waals surface area contributed by atoms with Gasteiger partial charge in [-0.15, -0.1) is 0 Å². The van der Waals surface area contributed by atoms with Crippen molar-refractivity contribution in [3.05, 3.63) is 41.6 Å². The second-order valence-electron chi connectivity index (χ2n) is 3.10. The largest absolute Gasteiger partial charge is 0.360 e. The molecule has 2 nitrogen and oxygen atoms in total. The number of carbonyl (C=O) groups is 1. The summed E-state index contributed by atoms with van der Waals surface area (Å²) in [5, 5.41) is 3.11. The molecule has 0 spiro atoms. The normalized spacial score (nSPS) is 9.38. The number of hydrogen-bond donors (Lipinski definition) is 1. The van der Waals surface area contributed by atoms with Gasteiger partial charge < -0.3 is 5.32 Å². The van der Waals surface area contributed by atoms with Gasteiger partial charge in [-0.1, -0.05) is 6.58 Å². The molecule has 0 saturated heterocycles. The molecule has 0 radical (unpaired) electrons. The minimum Gasteiger partial charge on any atom is -0.360 e. The Kier molecular flexibility index (Phi) is 2.85. The SMILES string of the molecule is C=C(C)Nc1ccc(C=O)cc1C. The molecule has 0 aliphatic rings. The molecular formula is C11H13NO. The number of nitrogens with one attached hydrogen (secondary N) is 1. The van der Waals surface area contributed by atoms with Gasteiger partial charge >= 0.3 is 0 Å². The number of aryl methyl sites for hydroxylation is 1. The van der Waals surface area contributed by atoms with Crippen LogP contribution in [0, 0.1) is 6.92 Å². The van der Waals surface area contributed by atoms with Crippen LogP contribution in [0.1, 0.15) is 22.8 Å². The number of carbonyl (C=O) groups excluding carboxylic acids is 1. The third-order valence-corrected chi connectivity index (χ3v) is 1.73. The number of hydrogen-bond acceptors (Lipinski definition) is 2. The summed E-state index contributed by atoms with van der Waals surface area (Å²) in [6.07, 6.45) is 0.845. The Morgan fingerprint density at radius 2 is 2.23 bits per heavy atom. The van der Waals surface area contributed by atoms with Gasteiger partial charge in [-0.3, -0.25) is 4.79 Å². The van der Waals surface area contributed by atoms with E-state index in [1.54, 1.807) is 6.07 Å². The highest BCUT2D eigenvalue weighted by atomic mass is 16.1. The summed E-state index contributed by atoms with van der Waals surface area (Å²) in [5.41, 5.74) is 3.64. The molecule has 1 rings (SSSR count). The zero-order chi connectivity index (χ0) is 9.84. The molecule has 2 heteroatoms. The summed E-state index contributed by atoms with van der Waals surface area (Å²) in [4.78, 5) is 10.5. The molecule has 0 unspecified atom stereocenters. The van der Waals surface area contributed by atoms with Crippen LogP contribution in [0.5, 0.6) is 0 Å². The minimum atomic E-state index is 0.699. The second kappa shape index (κ2) is 3.90. The minimum absolute atomic E-state index is 0.699. The highest BCUT2D eigenvalue weighted by molar-refractivity contribution is 5.76. The fourth-order valence-electron chi connectivity index (χ4n) is 1.13. The molecule has 0 bridgehead atoms. The van der Waals surface area contributed by atoms with E-state index in [0.29, 0.717) is 5.56 Å². The van der Waals surface area contributed by atoms with Gasteiger partial charge in [0.05, 0.1) is 0 Å². The van der Waals surface area contributed by atoms with Crippen LogP contribution in [0.25, 0.3) is 0 Å². The van der Waals surface area contributed by atoms with Crippen LogP contribution in [-0.4, -0.2) is 6.29 Å². The molecule has 1 N–H and O–H groups in total. The molecule has 68 valence electrons. The van der Waals surface area contributed by atoms with Gasteiger partial charge in [0, 0.05) is 16.9 Å². The summed E-state index contributed by atoms with van der Waals surface area (Å²) in [6.45, 7) is 7.61. The topological polar surface area (TPSA) is 29.1 Å². The van der Waals surface area contributed by atoms with Gasteiger partial charge in [-0.25, -0.2) is 0 Å². The van der Waals surface area contributed by atoms with E-state index in [4.69, 9.17) is 0 Å². The Morgan fingerprint density at radius 1 is 1.54 bits per heavy atom. The molecule has 0 aromatic heterocycles. The lowest BCUT2D eigenvalue weighted by Crippen LogP contribution is -1.96. The number of aldehydes is 1. The predicted octanol–water partition coefficient (Wildman–Crippen LogP) is 2.75. The van der Waals surface area contributed by atoms with E-state index in [9.17, 15) is 4.79 Å². The zero-order valence-electron chi connectivity index (χ0n) is 7.92. The summed E-state index contributed by atoms with van der Waals surface area (Å²) in [7, 11) is 0. The molecule has 0 saturated carbocycles. The molecule has 0 heterocycles. The van der Waals surface area contributed by atoms with E-state index in [0.717, 1.165) is 23.2 Å². The molecule has 0 aliphatic carbocycles. The molecule has 0 atom stereocenters. The van der Waals surface area contributed by atoms with Crippen LogP contribution in [0.2, 0.25) is 0 Å². The lowest BCUT2D eigenvalue weighted by atomic mass is 10.1. The van der Waals surface area contributed by atoms with Gasteiger partial charge in [0.25, 0.3) is 0 Å². The summed E-state index contributed by atoms with van der Waals surface area (Å²) in [6, 6.07) is 5.51. The van der Waals surface area contributed by atoms with E-state index in [-0.39, 0.29) is 0 Å². The molecule has 1 aromatic rings. The van der Waals surface area contributed by atoms with Crippen molar-refractivity contribution in [3.8, 4) is 0 Å². The van der Waals surface area contributed by atoms with Crippen LogP contribution >= 0.6 is 0 Å². The standard InChI is InChI=1S/C11H13NO/c1-8(2)12-11-5-4-10(7-13)6-9(11)3/h4-7,12H,1H2,2-3H3. The smallest absolute Gasteiger partial charge is 0.150 e. The van der Waals surface area contributed by atoms with Crippen LogP contribution in [0.15, 0.2) is 30.5 Å². The molecule has 13 heavy (non-hydrogen) atoms. The first kappa shape index (κ1) is 9.52. The van der Waals surface area contributed by atoms with Gasteiger partial charge in [0.1, 0.15) is 6.29 Å². The Labute approximate surface area is 78.3 Å². The maximum Gasteiger partial charge on any atom is 0.150 e. The highest BCUT2D eigenvalue weighted by Crippen LogP contribution is 2.16. The fraction of sp³-hybridized carbons (Fsp3) is 0.182. The average molecular weight is 175 g/mol. The van der Waals surface area contributed by atoms with Crippen LogP contribution in [-0.2, 0) is 0 Å². The first-order chi connectivity index (χ1) is 6.13. The van der Waals surface area contributed by atoms with Gasteiger partial charge in [-0.05, 0) is 37.6 Å². The highest BCUT2D eigenvalue weighted by Gasteiger charge is 1.98. The lowest BCUT2D eigenvalue weighted by Gasteiger charge is -2.08. The average Bonchev–Trinajstić information content (AvgIpc) is 2.08. The number of allylic oxidation sites excluding steroid dienone is 1. The number of benzene rings is 1. The van der Waals surface area contributed by atoms with Crippen molar-refractivity contribution in [3.63, 3.8) is 0 Å². The van der Waals surface area contributed by atoms with Crippen molar-refractivity contribution in [2.24, 2.45) is 0 Å². The maximum absolute atomic E-state index is 10.5. The summed E-state index contributed by atoms with van der Waals surface area (Å²) < 4.78 is 0. The third-order valence-electron chi connectivity index (χ3n) is 1.73. The summed E-state index contributed by atoms with van der Waals surface area (Å²) >= 11 is 0. The van der Waals surface area contributed by atoms with Crippen molar-refractivity contribution < 1.29 is 4.79 Å². The lowest BCUT2D eigenvalue weighted by molar-refractivity contribution is 0.112. The first-order valence-electron chi connectivity index (χ1n) is 4.12. The van der Waals surface area contributed by atoms with Gasteiger partial charge in [0.2, 0.25) is 0 Å². The van der Waals surface area contributed by atoms with Crippen molar-refractivity contribution in [2.75, 3.05) is 5.32 Å². The quantitative estimate of drug-likeness (QED) is 0.716. The Bertz CT molecular complexity index is 342. The van der Waals surface area contributed by atoms with E-state index < -0.39 is 0 Å². The van der Waals surface area contributed by atoms with E-state index in [2.05, 4.69) is 11.9 Å². The maximum atomic E-state index is 10.5.